The Balaban J connectivity index is 2.50. The molecule has 0 aliphatic rings. The fourth-order valence-corrected chi connectivity index (χ4v) is 1.77. The summed E-state index contributed by atoms with van der Waals surface area (Å²) in [6.45, 7) is 1.31. The van der Waals surface area contributed by atoms with Crippen LogP contribution in [0.1, 0.15) is 12.5 Å². The van der Waals surface area contributed by atoms with Gasteiger partial charge in [-0.3, -0.25) is 9.59 Å². The first kappa shape index (κ1) is 16.3. The van der Waals surface area contributed by atoms with E-state index in [-0.39, 0.29) is 10.8 Å². The highest BCUT2D eigenvalue weighted by Crippen LogP contribution is 2.29. The molecule has 0 fully saturated rings. The largest absolute Gasteiger partial charge is 0.480 e. The normalized spacial score (nSPS) is 12.8. The lowest BCUT2D eigenvalue weighted by molar-refractivity contribution is -0.141. The van der Waals surface area contributed by atoms with Crippen LogP contribution in [0, 0.1) is 0 Å². The van der Waals surface area contributed by atoms with E-state index in [0.29, 0.717) is 6.20 Å². The van der Waals surface area contributed by atoms with Crippen molar-refractivity contribution >= 4 is 23.6 Å². The number of carbonyl (C=O) groups is 2. The molecular formula is C11H11F3N2O3S. The van der Waals surface area contributed by atoms with Crippen molar-refractivity contribution in [2.45, 2.75) is 24.2 Å². The Bertz CT molecular complexity index is 491. The molecule has 0 saturated carbocycles. The first-order valence-electron chi connectivity index (χ1n) is 5.38. The monoisotopic (exact) mass is 308 g/mol. The third kappa shape index (κ3) is 5.08. The van der Waals surface area contributed by atoms with Gasteiger partial charge >= 0.3 is 12.1 Å². The number of pyridine rings is 1. The average Bonchev–Trinajstić information content (AvgIpc) is 2.35. The van der Waals surface area contributed by atoms with E-state index >= 15 is 0 Å². The van der Waals surface area contributed by atoms with Crippen molar-refractivity contribution in [2.24, 2.45) is 0 Å². The van der Waals surface area contributed by atoms with Crippen LogP contribution < -0.4 is 5.32 Å². The fourth-order valence-electron chi connectivity index (χ4n) is 1.12. The summed E-state index contributed by atoms with van der Waals surface area (Å²) in [5.74, 6) is -1.83. The standard InChI is InChI=1S/C11H11F3N2O3S/c1-6(10(18)19)16-8(17)5-20-9-3-2-7(4-15-9)11(12,13)14/h2-4,6H,5H2,1H3,(H,16,17)(H,18,19)/t6-/m1/s1. The van der Waals surface area contributed by atoms with Gasteiger partial charge in [0.25, 0.3) is 0 Å². The van der Waals surface area contributed by atoms with Gasteiger partial charge < -0.3 is 10.4 Å². The van der Waals surface area contributed by atoms with Gasteiger partial charge in [0.1, 0.15) is 6.04 Å². The predicted molar refractivity (Wildman–Crippen MR) is 65.2 cm³/mol. The summed E-state index contributed by atoms with van der Waals surface area (Å²) < 4.78 is 36.9. The minimum absolute atomic E-state index is 0.129. The molecule has 0 aliphatic heterocycles. The first-order valence-corrected chi connectivity index (χ1v) is 6.37. The van der Waals surface area contributed by atoms with Crippen LogP contribution in [0.3, 0.4) is 0 Å². The van der Waals surface area contributed by atoms with Crippen molar-refractivity contribution in [3.63, 3.8) is 0 Å². The van der Waals surface area contributed by atoms with E-state index in [4.69, 9.17) is 5.11 Å². The summed E-state index contributed by atoms with van der Waals surface area (Å²) in [5.41, 5.74) is -0.870. The molecule has 1 amide bonds. The van der Waals surface area contributed by atoms with Crippen LogP contribution in [0.15, 0.2) is 23.4 Å². The number of halogens is 3. The van der Waals surface area contributed by atoms with Crippen LogP contribution in [0.25, 0.3) is 0 Å². The van der Waals surface area contributed by atoms with Gasteiger partial charge in [-0.15, -0.1) is 0 Å². The molecule has 0 aromatic carbocycles. The van der Waals surface area contributed by atoms with Gasteiger partial charge in [0, 0.05) is 6.20 Å². The van der Waals surface area contributed by atoms with E-state index < -0.39 is 29.7 Å². The highest BCUT2D eigenvalue weighted by atomic mass is 32.2. The Kier molecular flexibility index (Phi) is 5.37. The number of nitrogens with one attached hydrogen (secondary N) is 1. The number of carboxylic acids is 1. The van der Waals surface area contributed by atoms with Gasteiger partial charge in [-0.25, -0.2) is 4.98 Å². The van der Waals surface area contributed by atoms with E-state index in [2.05, 4.69) is 10.3 Å². The van der Waals surface area contributed by atoms with Crippen LogP contribution in [0.2, 0.25) is 0 Å². The average molecular weight is 308 g/mol. The van der Waals surface area contributed by atoms with Gasteiger partial charge in [-0.2, -0.15) is 13.2 Å². The highest BCUT2D eigenvalue weighted by molar-refractivity contribution is 7.99. The second-order valence-corrected chi connectivity index (χ2v) is 4.79. The van der Waals surface area contributed by atoms with Gasteiger partial charge in [-0.05, 0) is 19.1 Å². The Morgan fingerprint density at radius 2 is 2.10 bits per heavy atom. The molecule has 1 heterocycles. The summed E-state index contributed by atoms with van der Waals surface area (Å²) >= 11 is 0.918. The maximum atomic E-state index is 12.3. The van der Waals surface area contributed by atoms with Gasteiger partial charge in [0.2, 0.25) is 5.91 Å². The number of rotatable bonds is 5. The minimum Gasteiger partial charge on any atom is -0.480 e. The summed E-state index contributed by atoms with van der Waals surface area (Å²) in [7, 11) is 0. The van der Waals surface area contributed by atoms with Crippen molar-refractivity contribution in [2.75, 3.05) is 5.75 Å². The Morgan fingerprint density at radius 3 is 2.55 bits per heavy atom. The summed E-state index contributed by atoms with van der Waals surface area (Å²) in [6, 6.07) is 0.998. The number of aliphatic carboxylic acids is 1. The Morgan fingerprint density at radius 1 is 1.45 bits per heavy atom. The van der Waals surface area contributed by atoms with Crippen molar-refractivity contribution in [1.29, 1.82) is 0 Å². The minimum atomic E-state index is -4.45. The summed E-state index contributed by atoms with van der Waals surface area (Å²) in [5, 5.41) is 11.0. The zero-order valence-electron chi connectivity index (χ0n) is 10.3. The fraction of sp³-hybridized carbons (Fsp3) is 0.364. The lowest BCUT2D eigenvalue weighted by Crippen LogP contribution is -2.39. The topological polar surface area (TPSA) is 79.3 Å². The molecular weight excluding hydrogens is 297 g/mol. The molecule has 1 aromatic rings. The maximum Gasteiger partial charge on any atom is 0.417 e. The second-order valence-electron chi connectivity index (χ2n) is 3.80. The number of hydrogen-bond donors (Lipinski definition) is 2. The molecule has 0 bridgehead atoms. The zero-order valence-corrected chi connectivity index (χ0v) is 11.1. The van der Waals surface area contributed by atoms with Crippen LogP contribution in [0.5, 0.6) is 0 Å². The smallest absolute Gasteiger partial charge is 0.417 e. The Hall–Kier alpha value is -1.77. The molecule has 0 aliphatic carbocycles. The predicted octanol–water partition coefficient (Wildman–Crippen LogP) is 1.78. The van der Waals surface area contributed by atoms with E-state index in [1.807, 2.05) is 0 Å². The third-order valence-electron chi connectivity index (χ3n) is 2.16. The van der Waals surface area contributed by atoms with Crippen LogP contribution in [-0.4, -0.2) is 33.8 Å². The molecule has 1 atom stereocenters. The molecule has 110 valence electrons. The third-order valence-corrected chi connectivity index (χ3v) is 3.11. The molecule has 2 N–H and O–H groups in total. The van der Waals surface area contributed by atoms with Crippen molar-refractivity contribution in [3.8, 4) is 0 Å². The number of thioether (sulfide) groups is 1. The summed E-state index contributed by atoms with van der Waals surface area (Å²) in [6.07, 6.45) is -3.77. The van der Waals surface area contributed by atoms with E-state index in [9.17, 15) is 22.8 Å². The SMILES string of the molecule is C[C@@H](NC(=O)CSc1ccc(C(F)(F)F)cn1)C(=O)O. The lowest BCUT2D eigenvalue weighted by atomic mass is 10.3. The molecule has 5 nitrogen and oxygen atoms in total. The zero-order chi connectivity index (χ0) is 15.3. The first-order chi connectivity index (χ1) is 9.20. The van der Waals surface area contributed by atoms with Gasteiger partial charge in [0.15, 0.2) is 0 Å². The van der Waals surface area contributed by atoms with Gasteiger partial charge in [0.05, 0.1) is 16.3 Å². The van der Waals surface area contributed by atoms with Crippen molar-refractivity contribution < 1.29 is 27.9 Å². The number of nitrogens with zero attached hydrogens (tertiary/aromatic N) is 1. The van der Waals surface area contributed by atoms with Crippen molar-refractivity contribution in [3.05, 3.63) is 23.9 Å². The second kappa shape index (κ2) is 6.60. The number of alkyl halides is 3. The quantitative estimate of drug-likeness (QED) is 0.811. The molecule has 0 unspecified atom stereocenters. The molecule has 9 heteroatoms. The van der Waals surface area contributed by atoms with Crippen LogP contribution in [-0.2, 0) is 15.8 Å². The number of aromatic nitrogens is 1. The van der Waals surface area contributed by atoms with Crippen LogP contribution in [0.4, 0.5) is 13.2 Å². The van der Waals surface area contributed by atoms with E-state index in [0.717, 1.165) is 23.9 Å². The number of carboxylic acid groups (broad SMARTS) is 1. The molecule has 0 saturated heterocycles. The molecule has 1 aromatic heterocycles. The Labute approximate surface area is 116 Å². The van der Waals surface area contributed by atoms with E-state index in [1.54, 1.807) is 0 Å². The molecule has 1 rings (SSSR count). The van der Waals surface area contributed by atoms with Gasteiger partial charge in [-0.1, -0.05) is 11.8 Å². The van der Waals surface area contributed by atoms with Crippen LogP contribution >= 0.6 is 11.8 Å². The lowest BCUT2D eigenvalue weighted by Gasteiger charge is -2.09. The number of carbonyl (C=O) groups excluding carboxylic acids is 1. The van der Waals surface area contributed by atoms with E-state index in [1.165, 1.54) is 6.92 Å². The van der Waals surface area contributed by atoms with Crippen molar-refractivity contribution in [1.82, 2.24) is 10.3 Å². The highest BCUT2D eigenvalue weighted by Gasteiger charge is 2.30. The molecule has 20 heavy (non-hydrogen) atoms. The molecule has 0 radical (unpaired) electrons. The maximum absolute atomic E-state index is 12.3. The summed E-state index contributed by atoms with van der Waals surface area (Å²) in [4.78, 5) is 25.4. The number of hydrogen-bond acceptors (Lipinski definition) is 4. The number of amides is 1. The molecule has 0 spiro atoms.